The maximum atomic E-state index is 13.7. The number of halogens is 4. The van der Waals surface area contributed by atoms with Crippen molar-refractivity contribution in [1.29, 1.82) is 0 Å². The van der Waals surface area contributed by atoms with E-state index in [-0.39, 0.29) is 12.3 Å². The molecule has 0 saturated carbocycles. The summed E-state index contributed by atoms with van der Waals surface area (Å²) < 4.78 is 50.8. The molecule has 0 radical (unpaired) electrons. The van der Waals surface area contributed by atoms with Gasteiger partial charge in [0, 0.05) is 7.05 Å². The van der Waals surface area contributed by atoms with Crippen LogP contribution in [-0.4, -0.2) is 24.3 Å². The molecule has 0 aliphatic carbocycles. The Kier molecular flexibility index (Phi) is 3.90. The van der Waals surface area contributed by atoms with Crippen LogP contribution in [0.4, 0.5) is 23.2 Å². The number of likely N-dealkylation sites (N-methyl/N-ethyl adjacent to an activating group) is 1. The molecule has 1 rings (SSSR count). The Balaban J connectivity index is 3.14. The van der Waals surface area contributed by atoms with E-state index in [9.17, 15) is 17.6 Å². The number of aliphatic hydroxyl groups excluding tert-OH is 1. The zero-order valence-electron chi connectivity index (χ0n) is 10.3. The first-order chi connectivity index (χ1) is 8.09. The van der Waals surface area contributed by atoms with Gasteiger partial charge in [0.15, 0.2) is 0 Å². The normalized spacial score (nSPS) is 12.7. The fraction of sp³-hybridized carbons (Fsp3) is 0.500. The van der Waals surface area contributed by atoms with Crippen LogP contribution in [0, 0.1) is 5.82 Å². The van der Waals surface area contributed by atoms with Gasteiger partial charge in [-0.15, -0.1) is 0 Å². The van der Waals surface area contributed by atoms with Crippen LogP contribution in [0.2, 0.25) is 0 Å². The van der Waals surface area contributed by atoms with Crippen LogP contribution in [0.15, 0.2) is 18.2 Å². The zero-order valence-corrected chi connectivity index (χ0v) is 10.3. The first kappa shape index (κ1) is 14.8. The number of hydrogen-bond acceptors (Lipinski definition) is 2. The van der Waals surface area contributed by atoms with Crippen molar-refractivity contribution in [2.24, 2.45) is 0 Å². The summed E-state index contributed by atoms with van der Waals surface area (Å²) in [7, 11) is 1.52. The van der Waals surface area contributed by atoms with Crippen LogP contribution >= 0.6 is 0 Å². The SMILES string of the molecule is CN(c1ccc(C(F)(F)F)cc1F)C(C)(C)CO. The first-order valence-corrected chi connectivity index (χ1v) is 5.31. The lowest BCUT2D eigenvalue weighted by Crippen LogP contribution is -2.44. The minimum absolute atomic E-state index is 0.0158. The second-order valence-corrected chi connectivity index (χ2v) is 4.69. The highest BCUT2D eigenvalue weighted by Gasteiger charge is 2.32. The summed E-state index contributed by atoms with van der Waals surface area (Å²) in [5.74, 6) is -0.964. The molecular weight excluding hydrogens is 250 g/mol. The summed E-state index contributed by atoms with van der Waals surface area (Å²) in [6, 6.07) is 2.34. The minimum atomic E-state index is -4.57. The van der Waals surface area contributed by atoms with E-state index < -0.39 is 23.1 Å². The predicted octanol–water partition coefficient (Wildman–Crippen LogP) is 3.05. The van der Waals surface area contributed by atoms with E-state index in [0.717, 1.165) is 12.1 Å². The average Bonchev–Trinajstić information content (AvgIpc) is 2.26. The molecule has 0 aliphatic rings. The van der Waals surface area contributed by atoms with Crippen molar-refractivity contribution in [1.82, 2.24) is 0 Å². The molecule has 2 nitrogen and oxygen atoms in total. The highest BCUT2D eigenvalue weighted by molar-refractivity contribution is 5.51. The fourth-order valence-electron chi connectivity index (χ4n) is 1.39. The molecule has 0 unspecified atom stereocenters. The van der Waals surface area contributed by atoms with E-state index in [1.54, 1.807) is 13.8 Å². The second-order valence-electron chi connectivity index (χ2n) is 4.69. The zero-order chi connectivity index (χ0) is 14.1. The van der Waals surface area contributed by atoms with E-state index in [0.29, 0.717) is 6.07 Å². The maximum Gasteiger partial charge on any atom is 0.416 e. The molecule has 18 heavy (non-hydrogen) atoms. The Morgan fingerprint density at radius 3 is 2.17 bits per heavy atom. The van der Waals surface area contributed by atoms with Gasteiger partial charge in [-0.2, -0.15) is 13.2 Å². The van der Waals surface area contributed by atoms with Gasteiger partial charge in [0.2, 0.25) is 0 Å². The van der Waals surface area contributed by atoms with Crippen molar-refractivity contribution in [2.45, 2.75) is 25.6 Å². The molecule has 1 aromatic rings. The maximum absolute atomic E-state index is 13.7. The van der Waals surface area contributed by atoms with Gasteiger partial charge in [0.05, 0.1) is 23.4 Å². The standard InChI is InChI=1S/C12H15F4NO/c1-11(2,7-18)17(3)10-5-4-8(6-9(10)13)12(14,15)16/h4-6,18H,7H2,1-3H3. The number of hydrogen-bond donors (Lipinski definition) is 1. The molecule has 0 amide bonds. The predicted molar refractivity (Wildman–Crippen MR) is 61.0 cm³/mol. The van der Waals surface area contributed by atoms with E-state index >= 15 is 0 Å². The molecule has 0 aromatic heterocycles. The van der Waals surface area contributed by atoms with Crippen molar-refractivity contribution in [3.63, 3.8) is 0 Å². The number of anilines is 1. The van der Waals surface area contributed by atoms with Crippen LogP contribution in [0.25, 0.3) is 0 Å². The van der Waals surface area contributed by atoms with Crippen molar-refractivity contribution in [3.8, 4) is 0 Å². The summed E-state index contributed by atoms with van der Waals surface area (Å²) in [4.78, 5) is 1.41. The van der Waals surface area contributed by atoms with Gasteiger partial charge in [-0.3, -0.25) is 0 Å². The molecule has 0 heterocycles. The van der Waals surface area contributed by atoms with Gasteiger partial charge >= 0.3 is 6.18 Å². The summed E-state index contributed by atoms with van der Waals surface area (Å²) in [6.45, 7) is 3.07. The van der Waals surface area contributed by atoms with Gasteiger partial charge in [-0.1, -0.05) is 0 Å². The summed E-state index contributed by atoms with van der Waals surface area (Å²) in [5, 5.41) is 9.16. The van der Waals surface area contributed by atoms with Gasteiger partial charge < -0.3 is 10.0 Å². The summed E-state index contributed by atoms with van der Waals surface area (Å²) in [6.07, 6.45) is -4.57. The molecule has 102 valence electrons. The molecule has 0 spiro atoms. The molecular formula is C12H15F4NO. The van der Waals surface area contributed by atoms with E-state index in [4.69, 9.17) is 5.11 Å². The summed E-state index contributed by atoms with van der Waals surface area (Å²) >= 11 is 0. The average molecular weight is 265 g/mol. The van der Waals surface area contributed by atoms with Crippen molar-refractivity contribution < 1.29 is 22.7 Å². The largest absolute Gasteiger partial charge is 0.416 e. The van der Waals surface area contributed by atoms with Crippen LogP contribution in [0.3, 0.4) is 0 Å². The fourth-order valence-corrected chi connectivity index (χ4v) is 1.39. The third-order valence-corrected chi connectivity index (χ3v) is 2.93. The smallest absolute Gasteiger partial charge is 0.394 e. The molecule has 0 saturated heterocycles. The van der Waals surface area contributed by atoms with E-state index in [1.807, 2.05) is 0 Å². The van der Waals surface area contributed by atoms with Crippen molar-refractivity contribution >= 4 is 5.69 Å². The lowest BCUT2D eigenvalue weighted by atomic mass is 10.0. The topological polar surface area (TPSA) is 23.5 Å². The molecule has 1 N–H and O–H groups in total. The Morgan fingerprint density at radius 1 is 1.22 bits per heavy atom. The van der Waals surface area contributed by atoms with Gasteiger partial charge in [0.25, 0.3) is 0 Å². The lowest BCUT2D eigenvalue weighted by molar-refractivity contribution is -0.137. The molecule has 6 heteroatoms. The van der Waals surface area contributed by atoms with Crippen LogP contribution in [-0.2, 0) is 6.18 Å². The van der Waals surface area contributed by atoms with E-state index in [2.05, 4.69) is 0 Å². The second kappa shape index (κ2) is 4.76. The van der Waals surface area contributed by atoms with E-state index in [1.165, 1.54) is 11.9 Å². The number of rotatable bonds is 3. The monoisotopic (exact) mass is 265 g/mol. The lowest BCUT2D eigenvalue weighted by Gasteiger charge is -2.36. The molecule has 0 atom stereocenters. The van der Waals surface area contributed by atoms with Gasteiger partial charge in [-0.25, -0.2) is 4.39 Å². The third kappa shape index (κ3) is 2.93. The quantitative estimate of drug-likeness (QED) is 0.849. The van der Waals surface area contributed by atoms with Crippen LogP contribution < -0.4 is 4.90 Å². The third-order valence-electron chi connectivity index (χ3n) is 2.93. The van der Waals surface area contributed by atoms with Gasteiger partial charge in [0.1, 0.15) is 5.82 Å². The highest BCUT2D eigenvalue weighted by atomic mass is 19.4. The number of alkyl halides is 3. The number of nitrogens with zero attached hydrogens (tertiary/aromatic N) is 1. The Morgan fingerprint density at radius 2 is 1.78 bits per heavy atom. The Hall–Kier alpha value is -1.30. The minimum Gasteiger partial charge on any atom is -0.394 e. The first-order valence-electron chi connectivity index (χ1n) is 5.31. The Labute approximate surface area is 103 Å². The molecule has 0 aliphatic heterocycles. The van der Waals surface area contributed by atoms with Crippen molar-refractivity contribution in [3.05, 3.63) is 29.6 Å². The van der Waals surface area contributed by atoms with Gasteiger partial charge in [-0.05, 0) is 32.0 Å². The molecule has 0 bridgehead atoms. The number of benzene rings is 1. The number of aliphatic hydroxyl groups is 1. The Bertz CT molecular complexity index is 429. The van der Waals surface area contributed by atoms with Crippen LogP contribution in [0.1, 0.15) is 19.4 Å². The van der Waals surface area contributed by atoms with Crippen LogP contribution in [0.5, 0.6) is 0 Å². The molecule has 0 fully saturated rings. The van der Waals surface area contributed by atoms with Crippen molar-refractivity contribution in [2.75, 3.05) is 18.6 Å². The summed E-state index contributed by atoms with van der Waals surface area (Å²) in [5.41, 5.74) is -1.78. The highest BCUT2D eigenvalue weighted by Crippen LogP contribution is 2.33. The molecule has 1 aromatic carbocycles.